The molecule has 0 bridgehead atoms. The van der Waals surface area contributed by atoms with Crippen LogP contribution in [0.3, 0.4) is 0 Å². The minimum absolute atomic E-state index is 0.0270. The van der Waals surface area contributed by atoms with E-state index in [1.807, 2.05) is 38.1 Å². The Labute approximate surface area is 181 Å². The number of amides is 1. The zero-order chi connectivity index (χ0) is 21.2. The molecule has 1 unspecified atom stereocenters. The van der Waals surface area contributed by atoms with E-state index in [1.54, 1.807) is 15.7 Å². The van der Waals surface area contributed by atoms with Crippen molar-refractivity contribution in [1.82, 2.24) is 14.7 Å². The first-order valence-corrected chi connectivity index (χ1v) is 11.9. The number of benzene rings is 1. The molecule has 1 atom stereocenters. The number of rotatable bonds is 6. The Balaban J connectivity index is 1.75. The van der Waals surface area contributed by atoms with E-state index < -0.39 is 9.84 Å². The minimum atomic E-state index is -3.05. The van der Waals surface area contributed by atoms with Crippen LogP contribution in [0.2, 0.25) is 10.2 Å². The van der Waals surface area contributed by atoms with Crippen LogP contribution >= 0.6 is 23.2 Å². The van der Waals surface area contributed by atoms with Crippen LogP contribution in [0, 0.1) is 6.92 Å². The highest BCUT2D eigenvalue weighted by Crippen LogP contribution is 2.24. The van der Waals surface area contributed by atoms with Crippen molar-refractivity contribution in [3.05, 3.63) is 57.3 Å². The predicted octanol–water partition coefficient (Wildman–Crippen LogP) is 3.60. The molecule has 0 radical (unpaired) electrons. The molecule has 9 heteroatoms. The molecule has 6 nitrogen and oxygen atoms in total. The number of carbonyl (C=O) groups is 1. The molecule has 2 aromatic rings. The van der Waals surface area contributed by atoms with E-state index in [1.165, 1.54) is 6.08 Å². The van der Waals surface area contributed by atoms with Crippen LogP contribution in [0.5, 0.6) is 0 Å². The van der Waals surface area contributed by atoms with Gasteiger partial charge in [-0.2, -0.15) is 5.10 Å². The number of halogens is 2. The van der Waals surface area contributed by atoms with E-state index in [9.17, 15) is 13.2 Å². The van der Waals surface area contributed by atoms with Crippen molar-refractivity contribution in [3.63, 3.8) is 0 Å². The van der Waals surface area contributed by atoms with E-state index in [-0.39, 0.29) is 23.5 Å². The quantitative estimate of drug-likeness (QED) is 0.623. The Kier molecular flexibility index (Phi) is 6.71. The summed E-state index contributed by atoms with van der Waals surface area (Å²) in [5.74, 6) is -0.0669. The fourth-order valence-corrected chi connectivity index (χ4v) is 5.64. The third-order valence-electron chi connectivity index (χ3n) is 5.02. The first kappa shape index (κ1) is 21.9. The summed E-state index contributed by atoms with van der Waals surface area (Å²) in [5.41, 5.74) is 2.38. The van der Waals surface area contributed by atoms with Crippen molar-refractivity contribution in [2.75, 3.05) is 18.1 Å². The summed E-state index contributed by atoms with van der Waals surface area (Å²) < 4.78 is 25.1. The Morgan fingerprint density at radius 3 is 2.59 bits per heavy atom. The normalized spacial score (nSPS) is 18.4. The van der Waals surface area contributed by atoms with Crippen molar-refractivity contribution in [2.45, 2.75) is 32.9 Å². The molecule has 0 N–H and O–H groups in total. The molecule has 1 amide bonds. The Bertz CT molecular complexity index is 1030. The van der Waals surface area contributed by atoms with Crippen molar-refractivity contribution in [1.29, 1.82) is 0 Å². The molecule has 3 rings (SSSR count). The number of sulfone groups is 1. The summed E-state index contributed by atoms with van der Waals surface area (Å²) in [6, 6.07) is 7.16. The van der Waals surface area contributed by atoms with Crippen molar-refractivity contribution >= 4 is 45.0 Å². The van der Waals surface area contributed by atoms with Gasteiger partial charge in [0.1, 0.15) is 5.15 Å². The van der Waals surface area contributed by atoms with E-state index in [4.69, 9.17) is 23.2 Å². The molecule has 0 spiro atoms. The highest BCUT2D eigenvalue weighted by atomic mass is 35.5. The number of hydrogen-bond acceptors (Lipinski definition) is 4. The number of aromatic nitrogens is 2. The van der Waals surface area contributed by atoms with Crippen LogP contribution in [-0.4, -0.2) is 53.1 Å². The van der Waals surface area contributed by atoms with Gasteiger partial charge in [0, 0.05) is 29.2 Å². The lowest BCUT2D eigenvalue weighted by molar-refractivity contribution is -0.127. The third kappa shape index (κ3) is 5.21. The fraction of sp³-hybridized carbons (Fsp3) is 0.400. The minimum Gasteiger partial charge on any atom is -0.335 e. The Morgan fingerprint density at radius 1 is 1.31 bits per heavy atom. The highest BCUT2D eigenvalue weighted by molar-refractivity contribution is 7.91. The SMILES string of the molecule is CCN(C(=O)/C=C/c1c(C)nn(Cc2ccc(Cl)cc2)c1Cl)C1CCS(=O)(=O)C1. The van der Waals surface area contributed by atoms with Crippen molar-refractivity contribution < 1.29 is 13.2 Å². The Hall–Kier alpha value is -1.83. The van der Waals surface area contributed by atoms with Gasteiger partial charge in [-0.1, -0.05) is 35.3 Å². The smallest absolute Gasteiger partial charge is 0.246 e. The topological polar surface area (TPSA) is 72.3 Å². The monoisotopic (exact) mass is 455 g/mol. The van der Waals surface area contributed by atoms with E-state index in [0.29, 0.717) is 40.9 Å². The number of aryl methyl sites for hydroxylation is 1. The maximum atomic E-state index is 12.7. The van der Waals surface area contributed by atoms with E-state index in [2.05, 4.69) is 5.10 Å². The van der Waals surface area contributed by atoms with Gasteiger partial charge in [0.25, 0.3) is 0 Å². The zero-order valence-electron chi connectivity index (χ0n) is 16.3. The molecule has 1 fully saturated rings. The van der Waals surface area contributed by atoms with Crippen LogP contribution in [0.25, 0.3) is 6.08 Å². The second kappa shape index (κ2) is 8.90. The van der Waals surface area contributed by atoms with Gasteiger partial charge < -0.3 is 4.90 Å². The van der Waals surface area contributed by atoms with Crippen molar-refractivity contribution in [2.24, 2.45) is 0 Å². The summed E-state index contributed by atoms with van der Waals surface area (Å²) in [6.45, 7) is 4.61. The lowest BCUT2D eigenvalue weighted by Crippen LogP contribution is -2.40. The third-order valence-corrected chi connectivity index (χ3v) is 7.42. The van der Waals surface area contributed by atoms with Gasteiger partial charge in [-0.25, -0.2) is 13.1 Å². The molecule has 2 heterocycles. The standard InChI is InChI=1S/C20H23Cl2N3O3S/c1-3-24(17-10-11-29(27,28)13-17)19(26)9-8-18-14(2)23-25(20(18)22)12-15-4-6-16(21)7-5-15/h4-9,17H,3,10-13H2,1-2H3/b9-8+. The highest BCUT2D eigenvalue weighted by Gasteiger charge is 2.33. The van der Waals surface area contributed by atoms with E-state index in [0.717, 1.165) is 5.56 Å². The van der Waals surface area contributed by atoms with Gasteiger partial charge in [0.05, 0.1) is 23.7 Å². The number of likely N-dealkylation sites (N-methyl/N-ethyl adjacent to an activating group) is 1. The summed E-state index contributed by atoms with van der Waals surface area (Å²) in [5, 5.41) is 5.56. The second-order valence-corrected chi connectivity index (χ2v) is 10.1. The molecule has 1 aromatic carbocycles. The van der Waals surface area contributed by atoms with Gasteiger partial charge in [-0.3, -0.25) is 4.79 Å². The molecule has 156 valence electrons. The molecule has 0 aliphatic carbocycles. The Morgan fingerprint density at radius 2 is 2.00 bits per heavy atom. The first-order valence-electron chi connectivity index (χ1n) is 9.36. The lowest BCUT2D eigenvalue weighted by Gasteiger charge is -2.25. The molecule has 29 heavy (non-hydrogen) atoms. The number of carbonyl (C=O) groups excluding carboxylic acids is 1. The van der Waals surface area contributed by atoms with Gasteiger partial charge in [-0.15, -0.1) is 0 Å². The molecule has 0 saturated carbocycles. The molecular weight excluding hydrogens is 433 g/mol. The molecular formula is C20H23Cl2N3O3S. The van der Waals surface area contributed by atoms with Crippen LogP contribution in [-0.2, 0) is 21.2 Å². The van der Waals surface area contributed by atoms with E-state index >= 15 is 0 Å². The van der Waals surface area contributed by atoms with Crippen LogP contribution < -0.4 is 0 Å². The summed E-state index contributed by atoms with van der Waals surface area (Å²) in [4.78, 5) is 14.3. The first-order chi connectivity index (χ1) is 13.7. The van der Waals surface area contributed by atoms with Gasteiger partial charge in [-0.05, 0) is 44.0 Å². The van der Waals surface area contributed by atoms with Gasteiger partial charge in [0.15, 0.2) is 9.84 Å². The van der Waals surface area contributed by atoms with Gasteiger partial charge >= 0.3 is 0 Å². The number of hydrogen-bond donors (Lipinski definition) is 0. The zero-order valence-corrected chi connectivity index (χ0v) is 18.6. The average Bonchev–Trinajstić information content (AvgIpc) is 3.15. The molecule has 1 aliphatic heterocycles. The largest absolute Gasteiger partial charge is 0.335 e. The summed E-state index contributed by atoms with van der Waals surface area (Å²) >= 11 is 12.4. The second-order valence-electron chi connectivity index (χ2n) is 7.09. The molecule has 1 aromatic heterocycles. The molecule has 1 aliphatic rings. The maximum Gasteiger partial charge on any atom is 0.246 e. The maximum absolute atomic E-state index is 12.7. The average molecular weight is 456 g/mol. The van der Waals surface area contributed by atoms with Crippen LogP contribution in [0.15, 0.2) is 30.3 Å². The fourth-order valence-electron chi connectivity index (χ4n) is 3.49. The van der Waals surface area contributed by atoms with Crippen molar-refractivity contribution in [3.8, 4) is 0 Å². The number of nitrogens with zero attached hydrogens (tertiary/aromatic N) is 3. The summed E-state index contributed by atoms with van der Waals surface area (Å²) in [7, 11) is -3.05. The summed E-state index contributed by atoms with van der Waals surface area (Å²) in [6.07, 6.45) is 3.57. The van der Waals surface area contributed by atoms with Crippen LogP contribution in [0.4, 0.5) is 0 Å². The lowest BCUT2D eigenvalue weighted by atomic mass is 10.2. The predicted molar refractivity (Wildman–Crippen MR) is 116 cm³/mol. The van der Waals surface area contributed by atoms with Crippen LogP contribution in [0.1, 0.15) is 30.2 Å². The van der Waals surface area contributed by atoms with Gasteiger partial charge in [0.2, 0.25) is 5.91 Å². The molecule has 1 saturated heterocycles.